The van der Waals surface area contributed by atoms with Crippen LogP contribution in [-0.4, -0.2) is 11.3 Å². The molecule has 0 fully saturated rings. The zero-order chi connectivity index (χ0) is 10.9. The van der Waals surface area contributed by atoms with Crippen molar-refractivity contribution in [2.75, 3.05) is 0 Å². The van der Waals surface area contributed by atoms with Crippen LogP contribution in [0.1, 0.15) is 5.56 Å². The molecule has 1 rings (SSSR count). The van der Waals surface area contributed by atoms with E-state index >= 15 is 0 Å². The number of rotatable bonds is 1. The molecule has 0 bridgehead atoms. The molecule has 0 saturated heterocycles. The third kappa shape index (κ3) is 3.41. The molecule has 0 amide bonds. The summed E-state index contributed by atoms with van der Waals surface area (Å²) in [5, 5.41) is 0. The summed E-state index contributed by atoms with van der Waals surface area (Å²) in [4.78, 5) is 3.66. The Kier molecular flexibility index (Phi) is 3.83. The van der Waals surface area contributed by atoms with E-state index in [0.29, 0.717) is 12.8 Å². The van der Waals surface area contributed by atoms with Gasteiger partial charge in [0.2, 0.25) is 5.88 Å². The molecule has 1 aromatic rings. The number of hydrogen-bond acceptors (Lipinski definition) is 2. The number of ether oxygens (including phenoxy) is 1. The van der Waals surface area contributed by atoms with Gasteiger partial charge in [-0.2, -0.15) is 0 Å². The summed E-state index contributed by atoms with van der Waals surface area (Å²) in [7, 11) is 0. The highest BCUT2D eigenvalue weighted by Gasteiger charge is 2.32. The van der Waals surface area contributed by atoms with Crippen LogP contribution in [0.5, 0.6) is 5.88 Å². The SMILES string of the molecule is Cc1c(I)cc(I)nc1OC(F)(F)F. The normalized spacial score (nSPS) is 11.6. The summed E-state index contributed by atoms with van der Waals surface area (Å²) >= 11 is 3.77. The molecular formula is C7H4F3I2NO. The van der Waals surface area contributed by atoms with Crippen LogP contribution in [0.15, 0.2) is 6.07 Å². The lowest BCUT2D eigenvalue weighted by Gasteiger charge is -2.11. The van der Waals surface area contributed by atoms with Gasteiger partial charge in [0.05, 0.1) is 0 Å². The van der Waals surface area contributed by atoms with Crippen molar-refractivity contribution in [2.45, 2.75) is 13.3 Å². The Morgan fingerprint density at radius 1 is 1.36 bits per heavy atom. The van der Waals surface area contributed by atoms with Crippen LogP contribution in [0.2, 0.25) is 0 Å². The molecule has 0 saturated carbocycles. The summed E-state index contributed by atoms with van der Waals surface area (Å²) < 4.78 is 40.7. The van der Waals surface area contributed by atoms with Crippen LogP contribution >= 0.6 is 45.2 Å². The van der Waals surface area contributed by atoms with Crippen LogP contribution in [-0.2, 0) is 0 Å². The first-order valence-electron chi connectivity index (χ1n) is 3.38. The number of alkyl halides is 3. The van der Waals surface area contributed by atoms with Gasteiger partial charge in [-0.25, -0.2) is 4.98 Å². The van der Waals surface area contributed by atoms with Gasteiger partial charge in [-0.05, 0) is 58.2 Å². The molecule has 0 atom stereocenters. The van der Waals surface area contributed by atoms with Gasteiger partial charge < -0.3 is 4.74 Å². The lowest BCUT2D eigenvalue weighted by molar-refractivity contribution is -0.276. The van der Waals surface area contributed by atoms with Crippen molar-refractivity contribution >= 4 is 45.2 Å². The number of pyridine rings is 1. The zero-order valence-electron chi connectivity index (χ0n) is 6.82. The smallest absolute Gasteiger partial charge is 0.388 e. The third-order valence-corrected chi connectivity index (χ3v) is 3.02. The molecule has 1 aromatic heterocycles. The summed E-state index contributed by atoms with van der Waals surface area (Å²) in [6, 6.07) is 1.68. The second kappa shape index (κ2) is 4.37. The average Bonchev–Trinajstić information content (AvgIpc) is 1.96. The highest BCUT2D eigenvalue weighted by molar-refractivity contribution is 14.1. The molecule has 1 heterocycles. The van der Waals surface area contributed by atoms with Gasteiger partial charge in [-0.3, -0.25) is 0 Å². The molecule has 0 unspecified atom stereocenters. The lowest BCUT2D eigenvalue weighted by Crippen LogP contribution is -2.19. The van der Waals surface area contributed by atoms with E-state index in [1.165, 1.54) is 6.92 Å². The van der Waals surface area contributed by atoms with E-state index in [9.17, 15) is 13.2 Å². The van der Waals surface area contributed by atoms with E-state index in [-0.39, 0.29) is 5.88 Å². The van der Waals surface area contributed by atoms with E-state index in [0.717, 1.165) is 0 Å². The maximum absolute atomic E-state index is 11.9. The Bertz CT molecular complexity index is 354. The fraction of sp³-hybridized carbons (Fsp3) is 0.286. The number of hydrogen-bond donors (Lipinski definition) is 0. The Labute approximate surface area is 106 Å². The standard InChI is InChI=1S/C7H4F3I2NO/c1-3-4(11)2-5(12)13-6(3)14-7(8,9)10/h2H,1H3. The lowest BCUT2D eigenvalue weighted by atomic mass is 10.3. The van der Waals surface area contributed by atoms with Gasteiger partial charge in [-0.15, -0.1) is 13.2 Å². The molecule has 0 aliphatic carbocycles. The van der Waals surface area contributed by atoms with Crippen molar-refractivity contribution in [2.24, 2.45) is 0 Å². The molecular weight excluding hydrogens is 425 g/mol. The first kappa shape index (κ1) is 12.3. The monoisotopic (exact) mass is 429 g/mol. The molecule has 0 aliphatic rings. The molecule has 7 heteroatoms. The van der Waals surface area contributed by atoms with Gasteiger partial charge in [0, 0.05) is 9.13 Å². The number of nitrogens with zero attached hydrogens (tertiary/aromatic N) is 1. The summed E-state index contributed by atoms with van der Waals surface area (Å²) in [5.74, 6) is -0.381. The Morgan fingerprint density at radius 2 is 1.93 bits per heavy atom. The summed E-state index contributed by atoms with van der Waals surface area (Å²) in [6.07, 6.45) is -4.69. The predicted octanol–water partition coefficient (Wildman–Crippen LogP) is 3.50. The van der Waals surface area contributed by atoms with Gasteiger partial charge in [0.1, 0.15) is 3.70 Å². The minimum Gasteiger partial charge on any atom is -0.388 e. The van der Waals surface area contributed by atoms with Crippen molar-refractivity contribution in [3.63, 3.8) is 0 Å². The van der Waals surface area contributed by atoms with Crippen LogP contribution in [0.3, 0.4) is 0 Å². The highest BCUT2D eigenvalue weighted by atomic mass is 127. The molecule has 0 N–H and O–H groups in total. The van der Waals surface area contributed by atoms with Crippen LogP contribution < -0.4 is 4.74 Å². The molecule has 0 aliphatic heterocycles. The van der Waals surface area contributed by atoms with E-state index < -0.39 is 6.36 Å². The van der Waals surface area contributed by atoms with E-state index in [1.807, 2.05) is 45.2 Å². The van der Waals surface area contributed by atoms with Gasteiger partial charge in [-0.1, -0.05) is 0 Å². The van der Waals surface area contributed by atoms with Crippen molar-refractivity contribution in [1.29, 1.82) is 0 Å². The number of halogens is 5. The van der Waals surface area contributed by atoms with E-state index in [1.54, 1.807) is 6.07 Å². The maximum Gasteiger partial charge on any atom is 0.574 e. The fourth-order valence-corrected chi connectivity index (χ4v) is 2.39. The van der Waals surface area contributed by atoms with Crippen molar-refractivity contribution in [1.82, 2.24) is 4.98 Å². The zero-order valence-corrected chi connectivity index (χ0v) is 11.1. The summed E-state index contributed by atoms with van der Waals surface area (Å²) in [6.45, 7) is 1.53. The maximum atomic E-state index is 11.9. The predicted molar refractivity (Wildman–Crippen MR) is 61.1 cm³/mol. The molecule has 14 heavy (non-hydrogen) atoms. The van der Waals surface area contributed by atoms with Crippen LogP contribution in [0, 0.1) is 14.2 Å². The fourth-order valence-electron chi connectivity index (χ4n) is 0.737. The quantitative estimate of drug-likeness (QED) is 0.504. The first-order valence-corrected chi connectivity index (χ1v) is 5.54. The molecule has 0 spiro atoms. The molecule has 78 valence electrons. The molecule has 0 aromatic carbocycles. The van der Waals surface area contributed by atoms with Gasteiger partial charge in [0.25, 0.3) is 0 Å². The molecule has 2 nitrogen and oxygen atoms in total. The second-order valence-electron chi connectivity index (χ2n) is 2.40. The Hall–Kier alpha value is 0.200. The largest absolute Gasteiger partial charge is 0.574 e. The third-order valence-electron chi connectivity index (χ3n) is 1.35. The molecule has 0 radical (unpaired) electrons. The van der Waals surface area contributed by atoms with E-state index in [4.69, 9.17) is 0 Å². The van der Waals surface area contributed by atoms with Crippen molar-refractivity contribution in [3.05, 3.63) is 18.9 Å². The average molecular weight is 429 g/mol. The van der Waals surface area contributed by atoms with E-state index in [2.05, 4.69) is 9.72 Å². The number of aromatic nitrogens is 1. The Balaban J connectivity index is 3.09. The first-order chi connectivity index (χ1) is 6.29. The summed E-state index contributed by atoms with van der Waals surface area (Å²) in [5.41, 5.74) is 0.392. The second-order valence-corrected chi connectivity index (χ2v) is 4.67. The van der Waals surface area contributed by atoms with Crippen LogP contribution in [0.4, 0.5) is 13.2 Å². The minimum atomic E-state index is -4.69. The van der Waals surface area contributed by atoms with Crippen molar-refractivity contribution in [3.8, 4) is 5.88 Å². The van der Waals surface area contributed by atoms with Gasteiger partial charge >= 0.3 is 6.36 Å². The highest BCUT2D eigenvalue weighted by Crippen LogP contribution is 2.27. The topological polar surface area (TPSA) is 22.1 Å². The minimum absolute atomic E-state index is 0.381. The van der Waals surface area contributed by atoms with Crippen molar-refractivity contribution < 1.29 is 17.9 Å². The Morgan fingerprint density at radius 3 is 2.43 bits per heavy atom. The van der Waals surface area contributed by atoms with Crippen LogP contribution in [0.25, 0.3) is 0 Å². The van der Waals surface area contributed by atoms with Gasteiger partial charge in [0.15, 0.2) is 0 Å².